The predicted octanol–water partition coefficient (Wildman–Crippen LogP) is 1.05. The summed E-state index contributed by atoms with van der Waals surface area (Å²) in [5, 5.41) is 8.88. The first kappa shape index (κ1) is 13.8. The van der Waals surface area contributed by atoms with Crippen LogP contribution in [0.5, 0.6) is 0 Å². The quantitative estimate of drug-likeness (QED) is 0.839. The van der Waals surface area contributed by atoms with Crippen LogP contribution < -0.4 is 0 Å². The van der Waals surface area contributed by atoms with Gasteiger partial charge in [0.05, 0.1) is 24.7 Å². The minimum Gasteiger partial charge on any atom is -0.481 e. The molecule has 19 heavy (non-hydrogen) atoms. The van der Waals surface area contributed by atoms with Crippen LogP contribution in [0.15, 0.2) is 18.3 Å². The Morgan fingerprint density at radius 2 is 2.37 bits per heavy atom. The van der Waals surface area contributed by atoms with Gasteiger partial charge in [0.25, 0.3) is 5.91 Å². The Morgan fingerprint density at radius 3 is 3.05 bits per heavy atom. The third kappa shape index (κ3) is 3.42. The molecule has 1 atom stereocenters. The number of aromatic nitrogens is 1. The lowest BCUT2D eigenvalue weighted by Crippen LogP contribution is -2.46. The molecule has 1 fully saturated rings. The maximum atomic E-state index is 12.3. The molecule has 102 valence electrons. The van der Waals surface area contributed by atoms with Crippen LogP contribution >= 0.6 is 11.6 Å². The lowest BCUT2D eigenvalue weighted by atomic mass is 10.1. The molecule has 6 nitrogen and oxygen atoms in total. The van der Waals surface area contributed by atoms with Crippen LogP contribution in [0.25, 0.3) is 0 Å². The van der Waals surface area contributed by atoms with E-state index in [1.165, 1.54) is 6.20 Å². The van der Waals surface area contributed by atoms with Crippen LogP contribution in [0.1, 0.15) is 16.8 Å². The van der Waals surface area contributed by atoms with Gasteiger partial charge in [0.2, 0.25) is 0 Å². The highest BCUT2D eigenvalue weighted by molar-refractivity contribution is 6.32. The van der Waals surface area contributed by atoms with Gasteiger partial charge in [0.15, 0.2) is 0 Å². The Balaban J connectivity index is 2.07. The van der Waals surface area contributed by atoms with Crippen LogP contribution in [0.3, 0.4) is 0 Å². The molecule has 0 aliphatic carbocycles. The number of amides is 1. The number of morpholine rings is 1. The van der Waals surface area contributed by atoms with Crippen molar-refractivity contribution in [3.8, 4) is 0 Å². The zero-order valence-electron chi connectivity index (χ0n) is 10.1. The summed E-state index contributed by atoms with van der Waals surface area (Å²) in [6.45, 7) is 0.984. The van der Waals surface area contributed by atoms with Crippen LogP contribution in [0, 0.1) is 0 Å². The maximum absolute atomic E-state index is 12.3. The number of hydrogen-bond donors (Lipinski definition) is 1. The fourth-order valence-electron chi connectivity index (χ4n) is 1.94. The van der Waals surface area contributed by atoms with Crippen molar-refractivity contribution in [1.82, 2.24) is 9.88 Å². The van der Waals surface area contributed by atoms with Crippen LogP contribution in [-0.4, -0.2) is 52.7 Å². The van der Waals surface area contributed by atoms with Gasteiger partial charge in [-0.25, -0.2) is 4.98 Å². The lowest BCUT2D eigenvalue weighted by molar-refractivity contribution is -0.141. The predicted molar refractivity (Wildman–Crippen MR) is 67.1 cm³/mol. The third-order valence-corrected chi connectivity index (χ3v) is 3.12. The number of rotatable bonds is 3. The van der Waals surface area contributed by atoms with E-state index in [4.69, 9.17) is 21.4 Å². The Morgan fingerprint density at radius 1 is 1.58 bits per heavy atom. The second-order valence-corrected chi connectivity index (χ2v) is 4.54. The first-order valence-corrected chi connectivity index (χ1v) is 6.19. The minimum absolute atomic E-state index is 0.120. The minimum atomic E-state index is -0.946. The van der Waals surface area contributed by atoms with Crippen molar-refractivity contribution in [3.05, 3.63) is 29.0 Å². The van der Waals surface area contributed by atoms with Gasteiger partial charge < -0.3 is 14.7 Å². The molecule has 1 aliphatic rings. The van der Waals surface area contributed by atoms with Gasteiger partial charge in [-0.05, 0) is 12.1 Å². The number of hydrogen-bond acceptors (Lipinski definition) is 4. The van der Waals surface area contributed by atoms with Gasteiger partial charge >= 0.3 is 5.97 Å². The number of pyridine rings is 1. The molecule has 7 heteroatoms. The normalized spacial score (nSPS) is 19.2. The monoisotopic (exact) mass is 284 g/mol. The summed E-state index contributed by atoms with van der Waals surface area (Å²) in [6.07, 6.45) is 0.904. The van der Waals surface area contributed by atoms with Crippen molar-refractivity contribution >= 4 is 23.5 Å². The van der Waals surface area contributed by atoms with Crippen molar-refractivity contribution in [2.45, 2.75) is 12.5 Å². The highest BCUT2D eigenvalue weighted by Gasteiger charge is 2.27. The summed E-state index contributed by atoms with van der Waals surface area (Å²) in [4.78, 5) is 28.3. The average Bonchev–Trinajstić information content (AvgIpc) is 2.38. The molecule has 1 aliphatic heterocycles. The van der Waals surface area contributed by atoms with Gasteiger partial charge in [-0.15, -0.1) is 0 Å². The Bertz CT molecular complexity index is 494. The second kappa shape index (κ2) is 5.99. The largest absolute Gasteiger partial charge is 0.481 e. The van der Waals surface area contributed by atoms with E-state index in [0.717, 1.165) is 0 Å². The maximum Gasteiger partial charge on any atom is 0.306 e. The van der Waals surface area contributed by atoms with E-state index in [1.807, 2.05) is 0 Å². The number of nitrogens with zero attached hydrogens (tertiary/aromatic N) is 2. The molecule has 1 saturated heterocycles. The summed E-state index contributed by atoms with van der Waals surface area (Å²) >= 11 is 5.88. The number of ether oxygens (including phenoxy) is 1. The van der Waals surface area contributed by atoms with Crippen molar-refractivity contribution in [2.75, 3.05) is 19.7 Å². The second-order valence-electron chi connectivity index (χ2n) is 4.18. The molecular weight excluding hydrogens is 272 g/mol. The number of carbonyl (C=O) groups excluding carboxylic acids is 1. The number of carboxylic acids is 1. The summed E-state index contributed by atoms with van der Waals surface area (Å²) in [6, 6.07) is 3.23. The first-order valence-electron chi connectivity index (χ1n) is 5.81. The van der Waals surface area contributed by atoms with Crippen LogP contribution in [-0.2, 0) is 9.53 Å². The van der Waals surface area contributed by atoms with Gasteiger partial charge in [-0.1, -0.05) is 11.6 Å². The van der Waals surface area contributed by atoms with E-state index in [2.05, 4.69) is 4.98 Å². The zero-order valence-corrected chi connectivity index (χ0v) is 10.8. The first-order chi connectivity index (χ1) is 9.08. The van der Waals surface area contributed by atoms with E-state index in [0.29, 0.717) is 18.7 Å². The lowest BCUT2D eigenvalue weighted by Gasteiger charge is -2.32. The van der Waals surface area contributed by atoms with Gasteiger partial charge in [-0.3, -0.25) is 9.59 Å². The van der Waals surface area contributed by atoms with Crippen molar-refractivity contribution in [3.63, 3.8) is 0 Å². The molecular formula is C12H13ClN2O4. The standard InChI is InChI=1S/C12H13ClN2O4/c13-11-9(2-1-3-14-11)12(18)15-4-5-19-8(7-15)6-10(16)17/h1-3,8H,4-7H2,(H,16,17). The fraction of sp³-hybridized carbons (Fsp3) is 0.417. The van der Waals surface area contributed by atoms with Gasteiger partial charge in [-0.2, -0.15) is 0 Å². The smallest absolute Gasteiger partial charge is 0.306 e. The summed E-state index contributed by atoms with van der Waals surface area (Å²) in [5.41, 5.74) is 0.320. The van der Waals surface area contributed by atoms with Crippen molar-refractivity contribution in [1.29, 1.82) is 0 Å². The number of carboxylic acid groups (broad SMARTS) is 1. The van der Waals surface area contributed by atoms with Crippen molar-refractivity contribution < 1.29 is 19.4 Å². The molecule has 1 N–H and O–H groups in total. The molecule has 0 bridgehead atoms. The Labute approximate surface area is 114 Å². The molecule has 2 heterocycles. The van der Waals surface area contributed by atoms with Crippen LogP contribution in [0.2, 0.25) is 5.15 Å². The molecule has 1 aromatic rings. The van der Waals surface area contributed by atoms with E-state index in [9.17, 15) is 9.59 Å². The zero-order chi connectivity index (χ0) is 13.8. The van der Waals surface area contributed by atoms with E-state index < -0.39 is 12.1 Å². The molecule has 1 unspecified atom stereocenters. The summed E-state index contributed by atoms with van der Waals surface area (Å²) in [5.74, 6) is -1.20. The summed E-state index contributed by atoms with van der Waals surface area (Å²) < 4.78 is 5.31. The summed E-state index contributed by atoms with van der Waals surface area (Å²) in [7, 11) is 0. The molecule has 0 saturated carbocycles. The highest BCUT2D eigenvalue weighted by Crippen LogP contribution is 2.17. The molecule has 2 rings (SSSR count). The van der Waals surface area contributed by atoms with Crippen molar-refractivity contribution in [2.24, 2.45) is 0 Å². The van der Waals surface area contributed by atoms with E-state index in [1.54, 1.807) is 17.0 Å². The number of halogens is 1. The molecule has 0 spiro atoms. The topological polar surface area (TPSA) is 79.7 Å². The Kier molecular flexibility index (Phi) is 4.34. The third-order valence-electron chi connectivity index (χ3n) is 2.82. The number of aliphatic carboxylic acids is 1. The van der Waals surface area contributed by atoms with Gasteiger partial charge in [0, 0.05) is 19.3 Å². The molecule has 0 aromatic carbocycles. The molecule has 1 amide bonds. The fourth-order valence-corrected chi connectivity index (χ4v) is 2.14. The van der Waals surface area contributed by atoms with Crippen LogP contribution in [0.4, 0.5) is 0 Å². The molecule has 0 radical (unpaired) electrons. The highest BCUT2D eigenvalue weighted by atomic mass is 35.5. The van der Waals surface area contributed by atoms with Gasteiger partial charge in [0.1, 0.15) is 5.15 Å². The molecule has 1 aromatic heterocycles. The van der Waals surface area contributed by atoms with E-state index in [-0.39, 0.29) is 24.0 Å². The average molecular weight is 285 g/mol. The van der Waals surface area contributed by atoms with E-state index >= 15 is 0 Å². The number of carbonyl (C=O) groups is 2. The SMILES string of the molecule is O=C(O)CC1CN(C(=O)c2cccnc2Cl)CCO1. The Hall–Kier alpha value is -1.66.